The second kappa shape index (κ2) is 4.45. The van der Waals surface area contributed by atoms with Crippen molar-refractivity contribution in [2.45, 2.75) is 19.5 Å². The van der Waals surface area contributed by atoms with Gasteiger partial charge < -0.3 is 9.47 Å². The molecule has 1 unspecified atom stereocenters. The van der Waals surface area contributed by atoms with Gasteiger partial charge in [0.15, 0.2) is 0 Å². The molecule has 0 aromatic carbocycles. The van der Waals surface area contributed by atoms with Crippen LogP contribution in [0.2, 0.25) is 0 Å². The van der Waals surface area contributed by atoms with Crippen molar-refractivity contribution in [1.82, 2.24) is 0 Å². The molecule has 1 fully saturated rings. The number of hydrogen-bond acceptors (Lipinski definition) is 3. The molecule has 16 heavy (non-hydrogen) atoms. The topological polar surface area (TPSA) is 35.5 Å². The Labute approximate surface area is 91.2 Å². The molecule has 1 rings (SSSR count). The minimum atomic E-state index is -4.38. The zero-order chi connectivity index (χ0) is 12.4. The number of esters is 1. The molecule has 1 heterocycles. The summed E-state index contributed by atoms with van der Waals surface area (Å²) in [6, 6.07) is 0. The number of alkyl halides is 3. The van der Waals surface area contributed by atoms with Crippen LogP contribution in [0.1, 0.15) is 13.3 Å². The monoisotopic (exact) mass is 238 g/mol. The first-order valence-corrected chi connectivity index (χ1v) is 4.76. The maximum Gasteiger partial charge on any atom is 0.396 e. The average molecular weight is 238 g/mol. The fraction of sp³-hybridized carbons (Fsp3) is 0.700. The van der Waals surface area contributed by atoms with Gasteiger partial charge >= 0.3 is 12.1 Å². The lowest BCUT2D eigenvalue weighted by Gasteiger charge is -2.30. The van der Waals surface area contributed by atoms with Crippen LogP contribution in [0.25, 0.3) is 0 Å². The predicted octanol–water partition coefficient (Wildman–Crippen LogP) is 2.07. The van der Waals surface area contributed by atoms with E-state index >= 15 is 0 Å². The molecule has 92 valence electrons. The molecule has 1 saturated heterocycles. The number of carbonyl (C=O) groups is 1. The lowest BCUT2D eigenvalue weighted by molar-refractivity contribution is -0.237. The van der Waals surface area contributed by atoms with E-state index in [0.717, 1.165) is 6.92 Å². The average Bonchev–Trinajstić information content (AvgIpc) is 2.19. The Kier molecular flexibility index (Phi) is 3.62. The van der Waals surface area contributed by atoms with Gasteiger partial charge in [-0.15, -0.1) is 0 Å². The van der Waals surface area contributed by atoms with Gasteiger partial charge in [0.05, 0.1) is 30.8 Å². The molecule has 1 atom stereocenters. The molecule has 1 aliphatic heterocycles. The summed E-state index contributed by atoms with van der Waals surface area (Å²) in [5.74, 6) is -0.702. The van der Waals surface area contributed by atoms with Crippen molar-refractivity contribution in [2.24, 2.45) is 5.41 Å². The van der Waals surface area contributed by atoms with E-state index < -0.39 is 24.2 Å². The number of hydrogen-bond donors (Lipinski definition) is 0. The summed E-state index contributed by atoms with van der Waals surface area (Å²) in [5, 5.41) is 0. The number of carbonyl (C=O) groups excluding carboxylic acids is 1. The lowest BCUT2D eigenvalue weighted by Crippen LogP contribution is -2.40. The van der Waals surface area contributed by atoms with E-state index in [1.54, 1.807) is 0 Å². The third kappa shape index (κ3) is 2.75. The predicted molar refractivity (Wildman–Crippen MR) is 49.7 cm³/mol. The van der Waals surface area contributed by atoms with Crippen LogP contribution in [0.5, 0.6) is 0 Å². The molecule has 0 amide bonds. The number of ether oxygens (including phenoxy) is 2. The molecule has 0 aliphatic carbocycles. The van der Waals surface area contributed by atoms with Gasteiger partial charge in [0.2, 0.25) is 0 Å². The van der Waals surface area contributed by atoms with E-state index in [1.165, 1.54) is 0 Å². The molecule has 0 radical (unpaired) electrons. The van der Waals surface area contributed by atoms with Crippen LogP contribution in [-0.4, -0.2) is 32.0 Å². The molecule has 6 heteroatoms. The van der Waals surface area contributed by atoms with Crippen LogP contribution in [0.15, 0.2) is 12.2 Å². The van der Waals surface area contributed by atoms with E-state index in [0.29, 0.717) is 0 Å². The summed E-state index contributed by atoms with van der Waals surface area (Å²) in [7, 11) is 0. The fourth-order valence-electron chi connectivity index (χ4n) is 1.23. The quantitative estimate of drug-likeness (QED) is 0.478. The Morgan fingerprint density at radius 1 is 1.44 bits per heavy atom. The van der Waals surface area contributed by atoms with Crippen molar-refractivity contribution in [3.63, 3.8) is 0 Å². The molecule has 3 nitrogen and oxygen atoms in total. The van der Waals surface area contributed by atoms with Crippen molar-refractivity contribution in [3.05, 3.63) is 12.2 Å². The highest BCUT2D eigenvalue weighted by molar-refractivity contribution is 5.87. The maximum absolute atomic E-state index is 12.7. The van der Waals surface area contributed by atoms with Crippen LogP contribution < -0.4 is 0 Å². The lowest BCUT2D eigenvalue weighted by atomic mass is 9.87. The van der Waals surface area contributed by atoms with Gasteiger partial charge in [-0.3, -0.25) is 0 Å². The van der Waals surface area contributed by atoms with E-state index in [4.69, 9.17) is 4.74 Å². The Morgan fingerprint density at radius 2 is 2.06 bits per heavy atom. The van der Waals surface area contributed by atoms with Crippen molar-refractivity contribution in [1.29, 1.82) is 0 Å². The van der Waals surface area contributed by atoms with Crippen molar-refractivity contribution < 1.29 is 27.4 Å². The van der Waals surface area contributed by atoms with Crippen LogP contribution in [0.4, 0.5) is 13.2 Å². The molecular formula is C10H13F3O3. The summed E-state index contributed by atoms with van der Waals surface area (Å²) in [6.45, 7) is 3.41. The standard InChI is InChI=1S/C10H13F3O3/c1-7-5-15-6-9(2,10(11,12)13)3-4-16-8(7)14/h1,3-6H2,2H3. The van der Waals surface area contributed by atoms with Crippen molar-refractivity contribution in [3.8, 4) is 0 Å². The Balaban J connectivity index is 2.78. The summed E-state index contributed by atoms with van der Waals surface area (Å²) in [6.07, 6.45) is -4.69. The van der Waals surface area contributed by atoms with Gasteiger partial charge in [0.1, 0.15) is 0 Å². The smallest absolute Gasteiger partial charge is 0.396 e. The third-order valence-electron chi connectivity index (χ3n) is 2.56. The minimum absolute atomic E-state index is 0.0337. The zero-order valence-corrected chi connectivity index (χ0v) is 8.89. The van der Waals surface area contributed by atoms with E-state index in [9.17, 15) is 18.0 Å². The molecule has 0 N–H and O–H groups in total. The largest absolute Gasteiger partial charge is 0.462 e. The Morgan fingerprint density at radius 3 is 2.62 bits per heavy atom. The normalized spacial score (nSPS) is 29.0. The van der Waals surface area contributed by atoms with Gasteiger partial charge in [-0.25, -0.2) is 4.79 Å². The van der Waals surface area contributed by atoms with Gasteiger partial charge in [-0.1, -0.05) is 6.58 Å². The summed E-state index contributed by atoms with van der Waals surface area (Å²) in [5.41, 5.74) is -1.95. The molecular weight excluding hydrogens is 225 g/mol. The van der Waals surface area contributed by atoms with Crippen molar-refractivity contribution in [2.75, 3.05) is 19.8 Å². The number of halogens is 3. The van der Waals surface area contributed by atoms with E-state index in [1.807, 2.05) is 0 Å². The minimum Gasteiger partial charge on any atom is -0.462 e. The highest BCUT2D eigenvalue weighted by atomic mass is 19.4. The first kappa shape index (κ1) is 13.0. The third-order valence-corrected chi connectivity index (χ3v) is 2.56. The van der Waals surface area contributed by atoms with Crippen LogP contribution >= 0.6 is 0 Å². The number of cyclic esters (lactones) is 1. The summed E-state index contributed by atoms with van der Waals surface area (Å²) in [4.78, 5) is 11.1. The molecule has 0 bridgehead atoms. The van der Waals surface area contributed by atoms with E-state index in [2.05, 4.69) is 11.3 Å². The second-order valence-electron chi connectivity index (χ2n) is 4.04. The summed E-state index contributed by atoms with van der Waals surface area (Å²) < 4.78 is 47.7. The zero-order valence-electron chi connectivity index (χ0n) is 8.89. The highest BCUT2D eigenvalue weighted by Crippen LogP contribution is 2.41. The molecule has 0 aromatic rings. The van der Waals surface area contributed by atoms with Gasteiger partial charge in [-0.2, -0.15) is 13.2 Å². The van der Waals surface area contributed by atoms with E-state index in [-0.39, 0.29) is 25.2 Å². The fourth-order valence-corrected chi connectivity index (χ4v) is 1.23. The van der Waals surface area contributed by atoms with Crippen LogP contribution in [-0.2, 0) is 14.3 Å². The first-order chi connectivity index (χ1) is 7.26. The van der Waals surface area contributed by atoms with Gasteiger partial charge in [0, 0.05) is 0 Å². The molecule has 0 aromatic heterocycles. The Hall–Kier alpha value is -1.04. The SMILES string of the molecule is C=C1COCC(C)(C(F)(F)F)CCOC1=O. The first-order valence-electron chi connectivity index (χ1n) is 4.76. The molecule has 1 aliphatic rings. The van der Waals surface area contributed by atoms with Crippen molar-refractivity contribution >= 4 is 5.97 Å². The molecule has 0 spiro atoms. The van der Waals surface area contributed by atoms with Crippen LogP contribution in [0, 0.1) is 5.41 Å². The number of rotatable bonds is 0. The second-order valence-corrected chi connectivity index (χ2v) is 4.04. The van der Waals surface area contributed by atoms with Gasteiger partial charge in [0.25, 0.3) is 0 Å². The maximum atomic E-state index is 12.7. The summed E-state index contributed by atoms with van der Waals surface area (Å²) >= 11 is 0. The highest BCUT2D eigenvalue weighted by Gasteiger charge is 2.51. The Bertz CT molecular complexity index is 276. The van der Waals surface area contributed by atoms with Crippen LogP contribution in [0.3, 0.4) is 0 Å². The van der Waals surface area contributed by atoms with Gasteiger partial charge in [-0.05, 0) is 13.3 Å². The molecule has 0 saturated carbocycles.